The number of ether oxygens (including phenoxy) is 3. The summed E-state index contributed by atoms with van der Waals surface area (Å²) in [7, 11) is 1.53. The standard InChI is InChI=1S/C27H28FNO5/c1-4-33-27(31)24-16(2)29-20-9-6-10-21(30)26(20)25(24)18-11-12-22(23(14-18)32-3)34-15-17-7-5-8-19(28)13-17/h5,7-8,11-14,25,29H,4,6,9-10,15H2,1-3H3/t25-/m1/s1. The van der Waals surface area contributed by atoms with Crippen molar-refractivity contribution >= 4 is 11.8 Å². The third-order valence-corrected chi connectivity index (χ3v) is 6.08. The van der Waals surface area contributed by atoms with Crippen molar-refractivity contribution in [1.82, 2.24) is 5.32 Å². The van der Waals surface area contributed by atoms with E-state index in [2.05, 4.69) is 5.32 Å². The van der Waals surface area contributed by atoms with Crippen molar-refractivity contribution in [2.75, 3.05) is 13.7 Å². The van der Waals surface area contributed by atoms with Gasteiger partial charge in [0.15, 0.2) is 17.3 Å². The molecule has 2 aromatic carbocycles. The second kappa shape index (κ2) is 10.1. The van der Waals surface area contributed by atoms with E-state index in [1.807, 2.05) is 13.0 Å². The third-order valence-electron chi connectivity index (χ3n) is 6.08. The lowest BCUT2D eigenvalue weighted by atomic mass is 9.75. The van der Waals surface area contributed by atoms with Crippen molar-refractivity contribution in [2.45, 2.75) is 45.6 Å². The van der Waals surface area contributed by atoms with Crippen LogP contribution in [0.4, 0.5) is 4.39 Å². The first-order valence-corrected chi connectivity index (χ1v) is 11.4. The van der Waals surface area contributed by atoms with E-state index in [1.54, 1.807) is 31.2 Å². The number of carbonyl (C=O) groups excluding carboxylic acids is 2. The van der Waals surface area contributed by atoms with Gasteiger partial charge in [-0.25, -0.2) is 9.18 Å². The predicted octanol–water partition coefficient (Wildman–Crippen LogP) is 4.94. The largest absolute Gasteiger partial charge is 0.493 e. The van der Waals surface area contributed by atoms with Gasteiger partial charge in [0.25, 0.3) is 0 Å². The molecule has 34 heavy (non-hydrogen) atoms. The van der Waals surface area contributed by atoms with Gasteiger partial charge in [-0.05, 0) is 62.1 Å². The number of hydrogen-bond acceptors (Lipinski definition) is 6. The van der Waals surface area contributed by atoms with Crippen LogP contribution < -0.4 is 14.8 Å². The topological polar surface area (TPSA) is 73.9 Å². The van der Waals surface area contributed by atoms with Crippen LogP contribution >= 0.6 is 0 Å². The molecule has 1 N–H and O–H groups in total. The molecule has 1 heterocycles. The van der Waals surface area contributed by atoms with Crippen LogP contribution in [0.15, 0.2) is 65.0 Å². The lowest BCUT2D eigenvalue weighted by Gasteiger charge is -2.34. The number of Topliss-reactive ketones (excluding diaryl/α,β-unsaturated/α-hetero) is 1. The molecule has 0 saturated carbocycles. The Hall–Kier alpha value is -3.61. The highest BCUT2D eigenvalue weighted by Crippen LogP contribution is 2.44. The second-order valence-corrected chi connectivity index (χ2v) is 8.32. The van der Waals surface area contributed by atoms with Gasteiger partial charge in [-0.1, -0.05) is 18.2 Å². The molecule has 0 bridgehead atoms. The summed E-state index contributed by atoms with van der Waals surface area (Å²) < 4.78 is 30.3. The Morgan fingerprint density at radius 1 is 1.15 bits per heavy atom. The molecule has 2 aliphatic rings. The van der Waals surface area contributed by atoms with Gasteiger partial charge >= 0.3 is 5.97 Å². The zero-order chi connectivity index (χ0) is 24.2. The minimum absolute atomic E-state index is 0.0263. The number of rotatable bonds is 7. The first-order chi connectivity index (χ1) is 16.4. The number of halogens is 1. The van der Waals surface area contributed by atoms with Gasteiger partial charge in [0.1, 0.15) is 12.4 Å². The third kappa shape index (κ3) is 4.69. The monoisotopic (exact) mass is 465 g/mol. The molecule has 0 fully saturated rings. The average molecular weight is 466 g/mol. The second-order valence-electron chi connectivity index (χ2n) is 8.32. The van der Waals surface area contributed by atoms with Crippen LogP contribution in [0.3, 0.4) is 0 Å². The number of esters is 1. The lowest BCUT2D eigenvalue weighted by molar-refractivity contribution is -0.138. The Labute approximate surface area is 198 Å². The smallest absolute Gasteiger partial charge is 0.336 e. The molecule has 0 amide bonds. The van der Waals surface area contributed by atoms with Crippen molar-refractivity contribution in [1.29, 1.82) is 0 Å². The van der Waals surface area contributed by atoms with E-state index in [9.17, 15) is 14.0 Å². The van der Waals surface area contributed by atoms with Crippen molar-refractivity contribution in [3.8, 4) is 11.5 Å². The fourth-order valence-corrected chi connectivity index (χ4v) is 4.57. The maximum absolute atomic E-state index is 13.5. The minimum atomic E-state index is -0.561. The highest BCUT2D eigenvalue weighted by molar-refractivity contribution is 6.03. The Morgan fingerprint density at radius 3 is 2.71 bits per heavy atom. The molecule has 0 saturated heterocycles. The zero-order valence-electron chi connectivity index (χ0n) is 19.6. The van der Waals surface area contributed by atoms with Gasteiger partial charge in [0, 0.05) is 29.3 Å². The van der Waals surface area contributed by atoms with Gasteiger partial charge in [0.2, 0.25) is 0 Å². The number of hydrogen-bond donors (Lipinski definition) is 1. The van der Waals surface area contributed by atoms with Gasteiger partial charge in [-0.2, -0.15) is 0 Å². The van der Waals surface area contributed by atoms with Gasteiger partial charge < -0.3 is 19.5 Å². The SMILES string of the molecule is CCOC(=O)C1=C(C)NC2=C(C(=O)CCC2)[C@@H]1c1ccc(OCc2cccc(F)c2)c(OC)c1. The molecule has 2 aromatic rings. The van der Waals surface area contributed by atoms with Crippen molar-refractivity contribution in [2.24, 2.45) is 0 Å². The summed E-state index contributed by atoms with van der Waals surface area (Å²) >= 11 is 0. The summed E-state index contributed by atoms with van der Waals surface area (Å²) in [5, 5.41) is 3.27. The first kappa shape index (κ1) is 23.5. The molecule has 4 rings (SSSR count). The summed E-state index contributed by atoms with van der Waals surface area (Å²) in [6.07, 6.45) is 1.96. The maximum atomic E-state index is 13.5. The van der Waals surface area contributed by atoms with E-state index in [0.717, 1.165) is 24.1 Å². The maximum Gasteiger partial charge on any atom is 0.336 e. The van der Waals surface area contributed by atoms with Gasteiger partial charge in [0.05, 0.1) is 19.3 Å². The Bertz CT molecular complexity index is 1180. The molecule has 1 aliphatic carbocycles. The van der Waals surface area contributed by atoms with Gasteiger partial charge in [-0.3, -0.25) is 4.79 Å². The van der Waals surface area contributed by atoms with E-state index < -0.39 is 11.9 Å². The number of benzene rings is 2. The predicted molar refractivity (Wildman–Crippen MR) is 125 cm³/mol. The van der Waals surface area contributed by atoms with Crippen LogP contribution in [0, 0.1) is 5.82 Å². The molecule has 0 radical (unpaired) electrons. The number of carbonyl (C=O) groups is 2. The molecule has 1 atom stereocenters. The molecule has 1 aliphatic heterocycles. The van der Waals surface area contributed by atoms with Gasteiger partial charge in [-0.15, -0.1) is 0 Å². The fraction of sp³-hybridized carbons (Fsp3) is 0.333. The molecular formula is C27H28FNO5. The number of methoxy groups -OCH3 is 1. The normalized spacial score (nSPS) is 17.8. The lowest BCUT2D eigenvalue weighted by Crippen LogP contribution is -2.34. The van der Waals surface area contributed by atoms with Crippen LogP contribution in [0.1, 0.15) is 50.2 Å². The minimum Gasteiger partial charge on any atom is -0.493 e. The summed E-state index contributed by atoms with van der Waals surface area (Å²) in [5.41, 5.74) is 4.00. The molecule has 178 valence electrons. The Morgan fingerprint density at radius 2 is 1.97 bits per heavy atom. The van der Waals surface area contributed by atoms with E-state index >= 15 is 0 Å². The van der Waals surface area contributed by atoms with E-state index in [4.69, 9.17) is 14.2 Å². The molecule has 6 nitrogen and oxygen atoms in total. The van der Waals surface area contributed by atoms with Crippen molar-refractivity contribution in [3.63, 3.8) is 0 Å². The average Bonchev–Trinajstić information content (AvgIpc) is 2.82. The molecule has 0 aromatic heterocycles. The van der Waals surface area contributed by atoms with E-state index in [-0.39, 0.29) is 24.8 Å². The van der Waals surface area contributed by atoms with Crippen molar-refractivity contribution in [3.05, 3.63) is 81.9 Å². The highest BCUT2D eigenvalue weighted by Gasteiger charge is 2.39. The summed E-state index contributed by atoms with van der Waals surface area (Å²) in [6, 6.07) is 11.6. The number of ketones is 1. The number of allylic oxidation sites excluding steroid dienone is 3. The molecular weight excluding hydrogens is 437 g/mol. The first-order valence-electron chi connectivity index (χ1n) is 11.4. The van der Waals surface area contributed by atoms with Crippen molar-refractivity contribution < 1.29 is 28.2 Å². The Balaban J connectivity index is 1.71. The zero-order valence-corrected chi connectivity index (χ0v) is 19.6. The number of nitrogens with one attached hydrogen (secondary N) is 1. The van der Waals surface area contributed by atoms with Crippen LogP contribution in [-0.4, -0.2) is 25.5 Å². The summed E-state index contributed by atoms with van der Waals surface area (Å²) in [5.74, 6) is -0.379. The van der Waals surface area contributed by atoms with Crippen LogP contribution in [-0.2, 0) is 20.9 Å². The van der Waals surface area contributed by atoms with Crippen LogP contribution in [0.2, 0.25) is 0 Å². The van der Waals surface area contributed by atoms with Crippen LogP contribution in [0.5, 0.6) is 11.5 Å². The quantitative estimate of drug-likeness (QED) is 0.584. The summed E-state index contributed by atoms with van der Waals surface area (Å²) in [4.78, 5) is 25.9. The summed E-state index contributed by atoms with van der Waals surface area (Å²) in [6.45, 7) is 3.99. The van der Waals surface area contributed by atoms with Crippen LogP contribution in [0.25, 0.3) is 0 Å². The van der Waals surface area contributed by atoms with E-state index in [1.165, 1.54) is 19.2 Å². The molecule has 0 unspecified atom stereocenters. The number of dihydropyridines is 1. The Kier molecular flexibility index (Phi) is 7.01. The molecule has 7 heteroatoms. The fourth-order valence-electron chi connectivity index (χ4n) is 4.57. The van der Waals surface area contributed by atoms with E-state index in [0.29, 0.717) is 40.3 Å². The highest BCUT2D eigenvalue weighted by atomic mass is 19.1. The molecule has 0 spiro atoms.